The van der Waals surface area contributed by atoms with E-state index in [9.17, 15) is 9.90 Å². The summed E-state index contributed by atoms with van der Waals surface area (Å²) >= 11 is 2.23. The summed E-state index contributed by atoms with van der Waals surface area (Å²) in [6.07, 6.45) is -0.894. The number of alkyl carbamates (subject to hydrolysis) is 1. The summed E-state index contributed by atoms with van der Waals surface area (Å²) in [5, 5.41) is 12.9. The average Bonchev–Trinajstić information content (AvgIpc) is 2.38. The predicted octanol–water partition coefficient (Wildman–Crippen LogP) is 1.55. The van der Waals surface area contributed by atoms with Crippen LogP contribution in [0.25, 0.3) is 0 Å². The first-order valence-corrected chi connectivity index (χ1v) is 8.14. The molecule has 0 heterocycles. The maximum absolute atomic E-state index is 11.9. The van der Waals surface area contributed by atoms with E-state index < -0.39 is 23.8 Å². The monoisotopic (exact) mass is 421 g/mol. The van der Waals surface area contributed by atoms with Gasteiger partial charge in [-0.1, -0.05) is 12.1 Å². The Balaban J connectivity index is 2.75. The molecule has 0 spiro atoms. The zero-order valence-corrected chi connectivity index (χ0v) is 15.3. The second kappa shape index (κ2) is 8.66. The van der Waals surface area contributed by atoms with Crippen molar-refractivity contribution in [3.8, 4) is 0 Å². The van der Waals surface area contributed by atoms with Crippen LogP contribution in [0.3, 0.4) is 0 Å². The van der Waals surface area contributed by atoms with Crippen LogP contribution < -0.4 is 16.6 Å². The number of aliphatic hydroxyl groups excluding tert-OH is 1. The molecule has 0 aliphatic carbocycles. The lowest BCUT2D eigenvalue weighted by Crippen LogP contribution is -2.50. The smallest absolute Gasteiger partial charge is 0.407 e. The zero-order valence-electron chi connectivity index (χ0n) is 13.1. The topological polar surface area (TPSA) is 96.6 Å². The first-order valence-electron chi connectivity index (χ1n) is 7.07. The third-order valence-electron chi connectivity index (χ3n) is 2.86. The Labute approximate surface area is 144 Å². The predicted molar refractivity (Wildman–Crippen MR) is 94.2 cm³/mol. The highest BCUT2D eigenvalue weighted by Gasteiger charge is 2.24. The van der Waals surface area contributed by atoms with Gasteiger partial charge in [0.15, 0.2) is 0 Å². The minimum atomic E-state index is -0.822. The van der Waals surface area contributed by atoms with E-state index in [1.807, 2.05) is 24.3 Å². The minimum absolute atomic E-state index is 0.171. The van der Waals surface area contributed by atoms with Gasteiger partial charge in [0.25, 0.3) is 0 Å². The van der Waals surface area contributed by atoms with Crippen molar-refractivity contribution >= 4 is 28.7 Å². The van der Waals surface area contributed by atoms with E-state index in [0.717, 1.165) is 9.13 Å². The summed E-state index contributed by atoms with van der Waals surface area (Å²) in [6, 6.07) is 7.40. The number of hydrazine groups is 1. The molecule has 22 heavy (non-hydrogen) atoms. The molecule has 5 N–H and O–H groups in total. The van der Waals surface area contributed by atoms with Gasteiger partial charge in [-0.3, -0.25) is 11.3 Å². The number of hydrogen-bond acceptors (Lipinski definition) is 5. The number of hydrogen-bond donors (Lipinski definition) is 4. The van der Waals surface area contributed by atoms with Gasteiger partial charge in [-0.2, -0.15) is 0 Å². The summed E-state index contributed by atoms with van der Waals surface area (Å²) in [5.41, 5.74) is 2.84. The van der Waals surface area contributed by atoms with E-state index in [2.05, 4.69) is 33.3 Å². The fraction of sp³-hybridized carbons (Fsp3) is 0.533. The van der Waals surface area contributed by atoms with Crippen molar-refractivity contribution in [3.05, 3.63) is 33.4 Å². The molecule has 0 unspecified atom stereocenters. The van der Waals surface area contributed by atoms with Crippen LogP contribution in [0.15, 0.2) is 24.3 Å². The molecule has 0 saturated heterocycles. The number of amides is 1. The standard InChI is InChI=1S/C15H24IN3O3/c1-15(2,3)22-14(21)19-12(13(20)9-18-17)8-10-4-6-11(16)7-5-10/h4-7,12-13,18,20H,8-9,17H2,1-3H3,(H,19,21)/t12-,13-/m0/s1. The molecule has 6 nitrogen and oxygen atoms in total. The maximum Gasteiger partial charge on any atom is 0.407 e. The Kier molecular flexibility index (Phi) is 7.54. The van der Waals surface area contributed by atoms with Crippen LogP contribution in [-0.2, 0) is 11.2 Å². The third-order valence-corrected chi connectivity index (χ3v) is 3.58. The Morgan fingerprint density at radius 3 is 2.45 bits per heavy atom. The first kappa shape index (κ1) is 19.1. The van der Waals surface area contributed by atoms with Crippen LogP contribution in [0.2, 0.25) is 0 Å². The highest BCUT2D eigenvalue weighted by Crippen LogP contribution is 2.12. The van der Waals surface area contributed by atoms with E-state index in [1.54, 1.807) is 20.8 Å². The van der Waals surface area contributed by atoms with Crippen molar-refractivity contribution in [3.63, 3.8) is 0 Å². The van der Waals surface area contributed by atoms with Gasteiger partial charge in [-0.15, -0.1) is 0 Å². The summed E-state index contributed by atoms with van der Waals surface area (Å²) in [6.45, 7) is 5.54. The van der Waals surface area contributed by atoms with E-state index in [1.165, 1.54) is 0 Å². The SMILES string of the molecule is CC(C)(C)OC(=O)N[C@@H](Cc1ccc(I)cc1)[C@@H](O)CNN. The molecule has 1 rings (SSSR count). The molecule has 1 amide bonds. The van der Waals surface area contributed by atoms with Crippen LogP contribution >= 0.6 is 22.6 Å². The van der Waals surface area contributed by atoms with Crippen LogP contribution in [0.1, 0.15) is 26.3 Å². The second-order valence-corrected chi connectivity index (χ2v) is 7.30. The minimum Gasteiger partial charge on any atom is -0.444 e. The number of carbonyl (C=O) groups excluding carboxylic acids is 1. The third kappa shape index (κ3) is 7.39. The summed E-state index contributed by atoms with van der Waals surface area (Å²) in [5.74, 6) is 5.26. The van der Waals surface area contributed by atoms with E-state index >= 15 is 0 Å². The number of benzene rings is 1. The molecule has 1 aromatic rings. The average molecular weight is 421 g/mol. The Hall–Kier alpha value is -0.900. The highest BCUT2D eigenvalue weighted by molar-refractivity contribution is 14.1. The van der Waals surface area contributed by atoms with Gasteiger partial charge in [0, 0.05) is 10.1 Å². The lowest BCUT2D eigenvalue weighted by atomic mass is 10.0. The Bertz CT molecular complexity index is 474. The van der Waals surface area contributed by atoms with Gasteiger partial charge >= 0.3 is 6.09 Å². The maximum atomic E-state index is 11.9. The number of nitrogens with two attached hydrogens (primary N) is 1. The largest absolute Gasteiger partial charge is 0.444 e. The molecular weight excluding hydrogens is 397 g/mol. The first-order chi connectivity index (χ1) is 10.2. The van der Waals surface area contributed by atoms with Gasteiger partial charge < -0.3 is 15.2 Å². The van der Waals surface area contributed by atoms with E-state index in [-0.39, 0.29) is 6.54 Å². The lowest BCUT2D eigenvalue weighted by Gasteiger charge is -2.26. The van der Waals surface area contributed by atoms with Crippen LogP contribution in [0.4, 0.5) is 4.79 Å². The number of nitrogens with one attached hydrogen (secondary N) is 2. The Morgan fingerprint density at radius 1 is 1.36 bits per heavy atom. The fourth-order valence-corrected chi connectivity index (χ4v) is 2.24. The molecular formula is C15H24IN3O3. The van der Waals surface area contributed by atoms with Crippen molar-refractivity contribution in [2.75, 3.05) is 6.54 Å². The normalized spacial score (nSPS) is 14.3. The van der Waals surface area contributed by atoms with E-state index in [4.69, 9.17) is 10.6 Å². The molecule has 0 fully saturated rings. The molecule has 0 bridgehead atoms. The van der Waals surface area contributed by atoms with Crippen LogP contribution in [0.5, 0.6) is 0 Å². The van der Waals surface area contributed by atoms with E-state index in [0.29, 0.717) is 6.42 Å². The zero-order chi connectivity index (χ0) is 16.8. The van der Waals surface area contributed by atoms with Crippen molar-refractivity contribution < 1.29 is 14.6 Å². The van der Waals surface area contributed by atoms with Crippen molar-refractivity contribution in [2.45, 2.75) is 44.9 Å². The number of ether oxygens (including phenoxy) is 1. The van der Waals surface area contributed by atoms with Crippen LogP contribution in [-0.4, -0.2) is 35.5 Å². The summed E-state index contributed by atoms with van der Waals surface area (Å²) < 4.78 is 6.37. The summed E-state index contributed by atoms with van der Waals surface area (Å²) in [7, 11) is 0. The van der Waals surface area contributed by atoms with Gasteiger partial charge in [0.05, 0.1) is 12.1 Å². The number of carbonyl (C=O) groups is 1. The van der Waals surface area contributed by atoms with Gasteiger partial charge in [0.1, 0.15) is 5.60 Å². The number of aliphatic hydroxyl groups is 1. The molecule has 0 saturated carbocycles. The van der Waals surface area contributed by atoms with Gasteiger partial charge in [-0.05, 0) is 67.5 Å². The molecule has 0 radical (unpaired) electrons. The Morgan fingerprint density at radius 2 is 1.95 bits per heavy atom. The van der Waals surface area contributed by atoms with Crippen molar-refractivity contribution in [1.29, 1.82) is 0 Å². The fourth-order valence-electron chi connectivity index (χ4n) is 1.88. The summed E-state index contributed by atoms with van der Waals surface area (Å²) in [4.78, 5) is 11.9. The molecule has 2 atom stereocenters. The lowest BCUT2D eigenvalue weighted by molar-refractivity contribution is 0.0422. The number of halogens is 1. The van der Waals surface area contributed by atoms with Gasteiger partial charge in [-0.25, -0.2) is 4.79 Å². The number of rotatable bonds is 6. The molecule has 124 valence electrons. The van der Waals surface area contributed by atoms with Crippen LogP contribution in [0, 0.1) is 3.57 Å². The van der Waals surface area contributed by atoms with Crippen molar-refractivity contribution in [2.24, 2.45) is 5.84 Å². The van der Waals surface area contributed by atoms with Crippen molar-refractivity contribution in [1.82, 2.24) is 10.7 Å². The second-order valence-electron chi connectivity index (χ2n) is 6.06. The highest BCUT2D eigenvalue weighted by atomic mass is 127. The molecule has 0 aromatic heterocycles. The molecule has 1 aromatic carbocycles. The van der Waals surface area contributed by atoms with Gasteiger partial charge in [0.2, 0.25) is 0 Å². The quantitative estimate of drug-likeness (QED) is 0.318. The molecule has 0 aliphatic heterocycles. The molecule has 0 aliphatic rings. The molecule has 7 heteroatoms.